The van der Waals surface area contributed by atoms with Gasteiger partial charge in [-0.3, -0.25) is 9.48 Å². The van der Waals surface area contributed by atoms with E-state index in [4.69, 9.17) is 17.3 Å². The third-order valence-electron chi connectivity index (χ3n) is 2.56. The molecule has 3 N–H and O–H groups in total. The van der Waals surface area contributed by atoms with Gasteiger partial charge in [-0.25, -0.2) is 4.98 Å². The van der Waals surface area contributed by atoms with Crippen LogP contribution in [0.4, 0.5) is 10.9 Å². The van der Waals surface area contributed by atoms with Crippen molar-refractivity contribution in [3.05, 3.63) is 35.5 Å². The number of carbonyl (C=O) groups excluding carboxylic acids is 1. The van der Waals surface area contributed by atoms with Crippen LogP contribution in [-0.4, -0.2) is 20.7 Å². The minimum atomic E-state index is -0.210. The van der Waals surface area contributed by atoms with Crippen molar-refractivity contribution in [2.24, 2.45) is 0 Å². The first-order valence-corrected chi connectivity index (χ1v) is 6.94. The molecule has 3 aromatic rings. The number of aromatic nitrogens is 3. The highest BCUT2D eigenvalue weighted by Gasteiger charge is 2.09. The third kappa shape index (κ3) is 2.73. The Bertz CT molecular complexity index is 781. The van der Waals surface area contributed by atoms with Crippen molar-refractivity contribution in [3.8, 4) is 0 Å². The number of nitrogens with zero attached hydrogens (tertiary/aromatic N) is 3. The molecule has 0 radical (unpaired) electrons. The smallest absolute Gasteiger partial charge is 0.247 e. The van der Waals surface area contributed by atoms with Gasteiger partial charge in [-0.1, -0.05) is 22.9 Å². The summed E-state index contributed by atoms with van der Waals surface area (Å²) in [5.41, 5.74) is 6.29. The summed E-state index contributed by atoms with van der Waals surface area (Å²) in [6, 6.07) is 7.03. The molecule has 0 fully saturated rings. The van der Waals surface area contributed by atoms with E-state index in [0.717, 1.165) is 10.2 Å². The molecule has 20 heavy (non-hydrogen) atoms. The van der Waals surface area contributed by atoms with Crippen molar-refractivity contribution >= 4 is 50.0 Å². The molecule has 0 bridgehead atoms. The maximum absolute atomic E-state index is 11.9. The summed E-state index contributed by atoms with van der Waals surface area (Å²) in [6.45, 7) is 0.0912. The van der Waals surface area contributed by atoms with E-state index in [9.17, 15) is 4.79 Å². The maximum atomic E-state index is 11.9. The second-order valence-electron chi connectivity index (χ2n) is 4.12. The summed E-state index contributed by atoms with van der Waals surface area (Å²) < 4.78 is 2.39. The summed E-state index contributed by atoms with van der Waals surface area (Å²) in [5, 5.41) is 7.86. The number of nitrogen functional groups attached to an aromatic ring is 1. The fourth-order valence-electron chi connectivity index (χ4n) is 1.72. The van der Waals surface area contributed by atoms with Crippen molar-refractivity contribution in [3.63, 3.8) is 0 Å². The molecule has 0 atom stereocenters. The van der Waals surface area contributed by atoms with Crippen molar-refractivity contribution < 1.29 is 4.79 Å². The van der Waals surface area contributed by atoms with Crippen LogP contribution in [0.3, 0.4) is 0 Å². The lowest BCUT2D eigenvalue weighted by atomic mass is 10.3. The predicted octanol–water partition coefficient (Wildman–Crippen LogP) is 2.37. The van der Waals surface area contributed by atoms with Gasteiger partial charge in [0.1, 0.15) is 12.4 Å². The van der Waals surface area contributed by atoms with E-state index in [2.05, 4.69) is 15.4 Å². The van der Waals surface area contributed by atoms with Gasteiger partial charge in [-0.05, 0) is 24.3 Å². The number of halogens is 1. The SMILES string of the molecule is Nc1ccn(CC(=O)Nc2nc3ccc(Cl)cc3s2)n1. The molecular formula is C12H10ClN5OS. The van der Waals surface area contributed by atoms with Crippen LogP contribution in [0.25, 0.3) is 10.2 Å². The van der Waals surface area contributed by atoms with E-state index in [-0.39, 0.29) is 12.5 Å². The van der Waals surface area contributed by atoms with Crippen LogP contribution in [-0.2, 0) is 11.3 Å². The zero-order valence-corrected chi connectivity index (χ0v) is 11.8. The van der Waals surface area contributed by atoms with E-state index in [1.807, 2.05) is 12.1 Å². The van der Waals surface area contributed by atoms with E-state index in [0.29, 0.717) is 16.0 Å². The Balaban J connectivity index is 1.73. The monoisotopic (exact) mass is 307 g/mol. The fraction of sp³-hybridized carbons (Fsp3) is 0.0833. The number of amides is 1. The number of anilines is 2. The second-order valence-corrected chi connectivity index (χ2v) is 5.58. The molecule has 0 saturated carbocycles. The number of benzene rings is 1. The molecular weight excluding hydrogens is 298 g/mol. The summed E-state index contributed by atoms with van der Waals surface area (Å²) in [7, 11) is 0. The Morgan fingerprint density at radius 1 is 1.45 bits per heavy atom. The molecule has 2 aromatic heterocycles. The lowest BCUT2D eigenvalue weighted by Gasteiger charge is -2.01. The van der Waals surface area contributed by atoms with Gasteiger partial charge in [0.2, 0.25) is 5.91 Å². The van der Waals surface area contributed by atoms with Crippen LogP contribution in [0.1, 0.15) is 0 Å². The van der Waals surface area contributed by atoms with Crippen LogP contribution in [0.5, 0.6) is 0 Å². The fourth-order valence-corrected chi connectivity index (χ4v) is 2.88. The largest absolute Gasteiger partial charge is 0.382 e. The summed E-state index contributed by atoms with van der Waals surface area (Å²) >= 11 is 7.29. The van der Waals surface area contributed by atoms with Crippen molar-refractivity contribution in [2.45, 2.75) is 6.54 Å². The molecule has 1 amide bonds. The summed E-state index contributed by atoms with van der Waals surface area (Å²) in [4.78, 5) is 16.2. The second kappa shape index (κ2) is 5.10. The number of carbonyl (C=O) groups is 1. The Morgan fingerprint density at radius 2 is 2.30 bits per heavy atom. The number of nitrogens with one attached hydrogen (secondary N) is 1. The molecule has 0 aliphatic heterocycles. The van der Waals surface area contributed by atoms with E-state index in [1.54, 1.807) is 18.3 Å². The molecule has 0 aliphatic rings. The maximum Gasteiger partial charge on any atom is 0.247 e. The predicted molar refractivity (Wildman–Crippen MR) is 79.9 cm³/mol. The van der Waals surface area contributed by atoms with Gasteiger partial charge in [0.25, 0.3) is 0 Å². The van der Waals surface area contributed by atoms with E-state index < -0.39 is 0 Å². The molecule has 0 unspecified atom stereocenters. The molecule has 8 heteroatoms. The van der Waals surface area contributed by atoms with Crippen LogP contribution >= 0.6 is 22.9 Å². The highest BCUT2D eigenvalue weighted by atomic mass is 35.5. The molecule has 2 heterocycles. The van der Waals surface area contributed by atoms with Gasteiger partial charge in [-0.15, -0.1) is 0 Å². The van der Waals surface area contributed by atoms with Gasteiger partial charge >= 0.3 is 0 Å². The average molecular weight is 308 g/mol. The minimum Gasteiger partial charge on any atom is -0.382 e. The standard InChI is InChI=1S/C12H10ClN5OS/c13-7-1-2-8-9(5-7)20-12(15-8)16-11(19)6-18-4-3-10(14)17-18/h1-5H,6H2,(H2,14,17)(H,15,16,19). The highest BCUT2D eigenvalue weighted by Crippen LogP contribution is 2.28. The van der Waals surface area contributed by atoms with E-state index >= 15 is 0 Å². The Labute approximate surface area is 123 Å². The number of nitrogens with two attached hydrogens (primary N) is 1. The van der Waals surface area contributed by atoms with Crippen LogP contribution in [0.2, 0.25) is 5.02 Å². The summed E-state index contributed by atoms with van der Waals surface area (Å²) in [6.07, 6.45) is 1.65. The molecule has 3 rings (SSSR count). The number of hydrogen-bond donors (Lipinski definition) is 2. The topological polar surface area (TPSA) is 85.8 Å². The molecule has 1 aromatic carbocycles. The number of fused-ring (bicyclic) bond motifs is 1. The Hall–Kier alpha value is -2.12. The van der Waals surface area contributed by atoms with Crippen LogP contribution in [0.15, 0.2) is 30.5 Å². The quantitative estimate of drug-likeness (QED) is 0.778. The zero-order chi connectivity index (χ0) is 14.1. The first-order chi connectivity index (χ1) is 9.60. The average Bonchev–Trinajstić information content (AvgIpc) is 2.94. The van der Waals surface area contributed by atoms with Gasteiger partial charge in [0.05, 0.1) is 10.2 Å². The van der Waals surface area contributed by atoms with Crippen LogP contribution in [0, 0.1) is 0 Å². The number of rotatable bonds is 3. The first kappa shape index (κ1) is 12.9. The van der Waals surface area contributed by atoms with Gasteiger partial charge < -0.3 is 11.1 Å². The van der Waals surface area contributed by atoms with Gasteiger partial charge in [-0.2, -0.15) is 5.10 Å². The molecule has 6 nitrogen and oxygen atoms in total. The number of thiazole rings is 1. The zero-order valence-electron chi connectivity index (χ0n) is 10.2. The molecule has 0 saturated heterocycles. The van der Waals surface area contributed by atoms with Crippen molar-refractivity contribution in [1.82, 2.24) is 14.8 Å². The lowest BCUT2D eigenvalue weighted by molar-refractivity contribution is -0.116. The lowest BCUT2D eigenvalue weighted by Crippen LogP contribution is -2.19. The van der Waals surface area contributed by atoms with Crippen molar-refractivity contribution in [1.29, 1.82) is 0 Å². The normalized spacial score (nSPS) is 10.8. The van der Waals surface area contributed by atoms with Crippen LogP contribution < -0.4 is 11.1 Å². The van der Waals surface area contributed by atoms with Gasteiger partial charge in [0, 0.05) is 11.2 Å². The van der Waals surface area contributed by atoms with Gasteiger partial charge in [0.15, 0.2) is 5.13 Å². The summed E-state index contributed by atoms with van der Waals surface area (Å²) in [5.74, 6) is 0.172. The Kier molecular flexibility index (Phi) is 3.29. The number of hydrogen-bond acceptors (Lipinski definition) is 5. The highest BCUT2D eigenvalue weighted by molar-refractivity contribution is 7.22. The molecule has 0 aliphatic carbocycles. The van der Waals surface area contributed by atoms with E-state index in [1.165, 1.54) is 16.0 Å². The third-order valence-corrected chi connectivity index (χ3v) is 3.73. The minimum absolute atomic E-state index is 0.0912. The molecule has 0 spiro atoms. The van der Waals surface area contributed by atoms with Crippen molar-refractivity contribution in [2.75, 3.05) is 11.1 Å². The Morgan fingerprint density at radius 3 is 3.05 bits per heavy atom. The first-order valence-electron chi connectivity index (χ1n) is 5.75. The molecule has 102 valence electrons.